The molecule has 0 bridgehead atoms. The number of hydrogen-bond donors (Lipinski definition) is 2. The smallest absolute Gasteiger partial charge is 0.106 e. The summed E-state index contributed by atoms with van der Waals surface area (Å²) in [5.74, 6) is 0. The molecule has 2 rings (SSSR count). The van der Waals surface area contributed by atoms with E-state index < -0.39 is 0 Å². The molecule has 4 heteroatoms. The van der Waals surface area contributed by atoms with Crippen LogP contribution in [0.4, 0.5) is 11.4 Å². The predicted molar refractivity (Wildman–Crippen MR) is 86.4 cm³/mol. The lowest BCUT2D eigenvalue weighted by molar-refractivity contribution is 1.14. The van der Waals surface area contributed by atoms with Crippen LogP contribution in [0.15, 0.2) is 42.5 Å². The largest absolute Gasteiger partial charge is 0.389 e. The average Bonchev–Trinajstić information content (AvgIpc) is 2.41. The zero-order chi connectivity index (χ0) is 13.8. The van der Waals surface area contributed by atoms with Gasteiger partial charge in [-0.3, -0.25) is 0 Å². The highest BCUT2D eigenvalue weighted by molar-refractivity contribution is 7.80. The molecule has 0 aliphatic heterocycles. The minimum absolute atomic E-state index is 0.330. The van der Waals surface area contributed by atoms with Gasteiger partial charge in [0, 0.05) is 22.0 Å². The summed E-state index contributed by atoms with van der Waals surface area (Å²) in [7, 11) is 0. The lowest BCUT2D eigenvalue weighted by Gasteiger charge is -2.12. The third-order valence-electron chi connectivity index (χ3n) is 2.86. The van der Waals surface area contributed by atoms with E-state index in [1.165, 1.54) is 5.56 Å². The topological polar surface area (TPSA) is 38.0 Å². The molecule has 0 saturated carbocycles. The Kier molecular flexibility index (Phi) is 4.40. The second-order valence-electron chi connectivity index (χ2n) is 4.23. The number of nitrogens with one attached hydrogen (secondary N) is 1. The highest BCUT2D eigenvalue weighted by Gasteiger charge is 2.06. The molecule has 0 radical (unpaired) electrons. The normalized spacial score (nSPS) is 10.2. The van der Waals surface area contributed by atoms with Crippen molar-refractivity contribution in [1.82, 2.24) is 0 Å². The van der Waals surface area contributed by atoms with Crippen molar-refractivity contribution in [3.05, 3.63) is 58.6 Å². The summed E-state index contributed by atoms with van der Waals surface area (Å²) in [5.41, 5.74) is 9.63. The van der Waals surface area contributed by atoms with E-state index in [1.54, 1.807) is 6.07 Å². The summed E-state index contributed by atoms with van der Waals surface area (Å²) in [6.45, 7) is 2.13. The Labute approximate surface area is 123 Å². The van der Waals surface area contributed by atoms with Crippen molar-refractivity contribution in [2.75, 3.05) is 5.32 Å². The van der Waals surface area contributed by atoms with Crippen molar-refractivity contribution in [3.8, 4) is 0 Å². The molecule has 0 atom stereocenters. The van der Waals surface area contributed by atoms with E-state index >= 15 is 0 Å². The van der Waals surface area contributed by atoms with Crippen molar-refractivity contribution in [2.24, 2.45) is 5.73 Å². The minimum Gasteiger partial charge on any atom is -0.389 e. The number of nitrogens with two attached hydrogens (primary N) is 1. The molecule has 0 spiro atoms. The van der Waals surface area contributed by atoms with E-state index in [9.17, 15) is 0 Å². The van der Waals surface area contributed by atoms with Crippen LogP contribution in [0.3, 0.4) is 0 Å². The standard InChI is InChI=1S/C15H15ClN2S/c1-2-10-4-3-5-12(8-10)18-14-7-6-11(16)9-13(14)15(17)19/h3-9,18H,2H2,1H3,(H2,17,19). The van der Waals surface area contributed by atoms with E-state index in [2.05, 4.69) is 24.4 Å². The van der Waals surface area contributed by atoms with Crippen molar-refractivity contribution in [1.29, 1.82) is 0 Å². The second-order valence-corrected chi connectivity index (χ2v) is 5.11. The van der Waals surface area contributed by atoms with E-state index in [0.717, 1.165) is 23.4 Å². The highest BCUT2D eigenvalue weighted by Crippen LogP contribution is 2.24. The first-order chi connectivity index (χ1) is 9.10. The number of anilines is 2. The minimum atomic E-state index is 0.330. The molecule has 0 aliphatic rings. The van der Waals surface area contributed by atoms with Gasteiger partial charge in [-0.1, -0.05) is 42.9 Å². The maximum Gasteiger partial charge on any atom is 0.106 e. The van der Waals surface area contributed by atoms with Crippen molar-refractivity contribution in [3.63, 3.8) is 0 Å². The van der Waals surface area contributed by atoms with Crippen LogP contribution >= 0.6 is 23.8 Å². The number of aryl methyl sites for hydroxylation is 1. The van der Waals surface area contributed by atoms with Crippen molar-refractivity contribution >= 4 is 40.2 Å². The Morgan fingerprint density at radius 2 is 2.05 bits per heavy atom. The third-order valence-corrected chi connectivity index (χ3v) is 3.32. The molecule has 0 heterocycles. The lowest BCUT2D eigenvalue weighted by Crippen LogP contribution is -2.12. The summed E-state index contributed by atoms with van der Waals surface area (Å²) in [6.07, 6.45) is 0.998. The summed E-state index contributed by atoms with van der Waals surface area (Å²) in [5, 5.41) is 3.95. The first-order valence-electron chi connectivity index (χ1n) is 6.05. The van der Waals surface area contributed by atoms with Crippen molar-refractivity contribution in [2.45, 2.75) is 13.3 Å². The van der Waals surface area contributed by atoms with Crippen LogP contribution in [-0.2, 0) is 6.42 Å². The van der Waals surface area contributed by atoms with Crippen LogP contribution in [0.1, 0.15) is 18.1 Å². The molecule has 0 saturated heterocycles. The fraction of sp³-hybridized carbons (Fsp3) is 0.133. The number of benzene rings is 2. The van der Waals surface area contributed by atoms with E-state index in [-0.39, 0.29) is 0 Å². The van der Waals surface area contributed by atoms with Gasteiger partial charge in [-0.25, -0.2) is 0 Å². The zero-order valence-electron chi connectivity index (χ0n) is 10.6. The molecule has 0 fully saturated rings. The zero-order valence-corrected chi connectivity index (χ0v) is 12.2. The highest BCUT2D eigenvalue weighted by atomic mass is 35.5. The molecular formula is C15H15ClN2S. The monoisotopic (exact) mass is 290 g/mol. The quantitative estimate of drug-likeness (QED) is 0.826. The molecule has 0 aromatic heterocycles. The Hall–Kier alpha value is -1.58. The SMILES string of the molecule is CCc1cccc(Nc2ccc(Cl)cc2C(N)=S)c1. The van der Waals surface area contributed by atoms with Gasteiger partial charge in [0.25, 0.3) is 0 Å². The summed E-state index contributed by atoms with van der Waals surface area (Å²) < 4.78 is 0. The van der Waals surface area contributed by atoms with Crippen LogP contribution in [-0.4, -0.2) is 4.99 Å². The van der Waals surface area contributed by atoms with E-state index in [4.69, 9.17) is 29.6 Å². The van der Waals surface area contributed by atoms with Crippen molar-refractivity contribution < 1.29 is 0 Å². The second kappa shape index (κ2) is 6.04. The maximum atomic E-state index is 5.97. The lowest BCUT2D eigenvalue weighted by atomic mass is 10.1. The van der Waals surface area contributed by atoms with Gasteiger partial charge in [0.05, 0.1) is 0 Å². The molecule has 19 heavy (non-hydrogen) atoms. The summed E-state index contributed by atoms with van der Waals surface area (Å²) >= 11 is 11.0. The molecule has 2 aromatic rings. The molecule has 3 N–H and O–H groups in total. The van der Waals surface area contributed by atoms with Gasteiger partial charge >= 0.3 is 0 Å². The van der Waals surface area contributed by atoms with Gasteiger partial charge in [0.1, 0.15) is 4.99 Å². The summed E-state index contributed by atoms with van der Waals surface area (Å²) in [4.78, 5) is 0.330. The molecule has 0 unspecified atom stereocenters. The number of hydrogen-bond acceptors (Lipinski definition) is 2. The first kappa shape index (κ1) is 13.8. The van der Waals surface area contributed by atoms with E-state index in [1.807, 2.05) is 24.3 Å². The fourth-order valence-corrected chi connectivity index (χ4v) is 2.19. The van der Waals surface area contributed by atoms with Gasteiger partial charge in [-0.05, 0) is 42.3 Å². The first-order valence-corrected chi connectivity index (χ1v) is 6.84. The molecule has 0 amide bonds. The Bertz CT molecular complexity index is 611. The maximum absolute atomic E-state index is 5.97. The van der Waals surface area contributed by atoms with Gasteiger partial charge < -0.3 is 11.1 Å². The Morgan fingerprint density at radius 3 is 2.74 bits per heavy atom. The van der Waals surface area contributed by atoms with Crippen LogP contribution < -0.4 is 11.1 Å². The average molecular weight is 291 g/mol. The molecule has 98 valence electrons. The predicted octanol–water partition coefficient (Wildman–Crippen LogP) is 4.28. The van der Waals surface area contributed by atoms with Crippen LogP contribution in [0.2, 0.25) is 5.02 Å². The molecule has 0 aliphatic carbocycles. The van der Waals surface area contributed by atoms with Gasteiger partial charge in [0.15, 0.2) is 0 Å². The van der Waals surface area contributed by atoms with Crippen LogP contribution in [0.25, 0.3) is 0 Å². The summed E-state index contributed by atoms with van der Waals surface area (Å²) in [6, 6.07) is 13.7. The molecular weight excluding hydrogens is 276 g/mol. The Balaban J connectivity index is 2.34. The fourth-order valence-electron chi connectivity index (χ4n) is 1.85. The van der Waals surface area contributed by atoms with Crippen LogP contribution in [0.5, 0.6) is 0 Å². The molecule has 2 aromatic carbocycles. The van der Waals surface area contributed by atoms with Crippen LogP contribution in [0, 0.1) is 0 Å². The van der Waals surface area contributed by atoms with Gasteiger partial charge in [-0.15, -0.1) is 0 Å². The number of rotatable bonds is 4. The van der Waals surface area contributed by atoms with Gasteiger partial charge in [-0.2, -0.15) is 0 Å². The Morgan fingerprint density at radius 1 is 1.26 bits per heavy atom. The van der Waals surface area contributed by atoms with E-state index in [0.29, 0.717) is 10.0 Å². The number of thiocarbonyl (C=S) groups is 1. The van der Waals surface area contributed by atoms with Gasteiger partial charge in [0.2, 0.25) is 0 Å². The third kappa shape index (κ3) is 3.46. The number of halogens is 1. The molecule has 2 nitrogen and oxygen atoms in total.